The van der Waals surface area contributed by atoms with Crippen LogP contribution in [0.25, 0.3) is 0 Å². The largest absolute Gasteiger partial charge is 0.304 e. The molecule has 1 aromatic carbocycles. The van der Waals surface area contributed by atoms with Crippen LogP contribution in [-0.4, -0.2) is 4.98 Å². The summed E-state index contributed by atoms with van der Waals surface area (Å²) in [5.74, 6) is -1.01. The molecule has 0 fully saturated rings. The molecule has 20 heavy (non-hydrogen) atoms. The van der Waals surface area contributed by atoms with Crippen LogP contribution >= 0.6 is 0 Å². The second-order valence-corrected chi connectivity index (χ2v) is 5.07. The second-order valence-electron chi connectivity index (χ2n) is 5.07. The number of pyridine rings is 1. The number of hydrogen-bond acceptors (Lipinski definition) is 2. The number of rotatable bonds is 3. The third-order valence-electron chi connectivity index (χ3n) is 3.78. The monoisotopic (exact) mass is 274 g/mol. The molecule has 0 bridgehead atoms. The minimum absolute atomic E-state index is 0.0685. The van der Waals surface area contributed by atoms with Crippen molar-refractivity contribution in [1.82, 2.24) is 10.3 Å². The molecule has 3 rings (SSSR count). The third-order valence-corrected chi connectivity index (χ3v) is 3.78. The summed E-state index contributed by atoms with van der Waals surface area (Å²) in [7, 11) is 0. The lowest BCUT2D eigenvalue weighted by atomic mass is 9.92. The Morgan fingerprint density at radius 3 is 2.75 bits per heavy atom. The van der Waals surface area contributed by atoms with Crippen molar-refractivity contribution in [2.75, 3.05) is 0 Å². The van der Waals surface area contributed by atoms with Crippen molar-refractivity contribution >= 4 is 0 Å². The molecule has 0 aliphatic heterocycles. The Balaban J connectivity index is 1.77. The van der Waals surface area contributed by atoms with Crippen LogP contribution < -0.4 is 5.32 Å². The molecule has 1 N–H and O–H groups in total. The van der Waals surface area contributed by atoms with Gasteiger partial charge in [0, 0.05) is 18.3 Å². The van der Waals surface area contributed by atoms with Gasteiger partial charge in [0.1, 0.15) is 11.6 Å². The van der Waals surface area contributed by atoms with Gasteiger partial charge in [0.2, 0.25) is 0 Å². The topological polar surface area (TPSA) is 24.9 Å². The molecule has 0 saturated heterocycles. The summed E-state index contributed by atoms with van der Waals surface area (Å²) in [5, 5.41) is 3.23. The molecule has 1 heterocycles. The zero-order valence-electron chi connectivity index (χ0n) is 11.1. The average molecular weight is 274 g/mol. The highest BCUT2D eigenvalue weighted by Gasteiger charge is 2.21. The van der Waals surface area contributed by atoms with Crippen LogP contribution in [0.4, 0.5) is 8.78 Å². The summed E-state index contributed by atoms with van der Waals surface area (Å²) in [5.41, 5.74) is 2.33. The number of hydrogen-bond donors (Lipinski definition) is 1. The maximum Gasteiger partial charge on any atom is 0.130 e. The summed E-state index contributed by atoms with van der Waals surface area (Å²) in [4.78, 5) is 4.41. The molecule has 1 aromatic heterocycles. The first-order valence-electron chi connectivity index (χ1n) is 6.86. The maximum absolute atomic E-state index is 13.6. The van der Waals surface area contributed by atoms with Crippen LogP contribution in [0, 0.1) is 11.6 Å². The Kier molecular flexibility index (Phi) is 3.74. The zero-order chi connectivity index (χ0) is 13.9. The molecule has 2 aromatic rings. The fourth-order valence-corrected chi connectivity index (χ4v) is 2.73. The molecule has 104 valence electrons. The van der Waals surface area contributed by atoms with Gasteiger partial charge in [-0.3, -0.25) is 4.98 Å². The van der Waals surface area contributed by atoms with Crippen LogP contribution in [-0.2, 0) is 13.0 Å². The molecule has 0 amide bonds. The predicted octanol–water partition coefficient (Wildman–Crippen LogP) is 3.53. The zero-order valence-corrected chi connectivity index (χ0v) is 11.1. The molecule has 0 saturated carbocycles. The van der Waals surface area contributed by atoms with E-state index in [1.807, 2.05) is 6.07 Å². The number of nitrogens with one attached hydrogen (secondary N) is 1. The summed E-state index contributed by atoms with van der Waals surface area (Å²) < 4.78 is 27.2. The fraction of sp³-hybridized carbons (Fsp3) is 0.312. The maximum atomic E-state index is 13.6. The van der Waals surface area contributed by atoms with Crippen molar-refractivity contribution in [1.29, 1.82) is 0 Å². The first kappa shape index (κ1) is 13.2. The van der Waals surface area contributed by atoms with E-state index in [1.54, 1.807) is 6.20 Å². The summed E-state index contributed by atoms with van der Waals surface area (Å²) in [6, 6.07) is 8.02. The number of benzene rings is 1. The van der Waals surface area contributed by atoms with E-state index >= 15 is 0 Å². The Morgan fingerprint density at radius 2 is 1.95 bits per heavy atom. The van der Waals surface area contributed by atoms with E-state index in [9.17, 15) is 8.78 Å². The Morgan fingerprint density at radius 1 is 1.15 bits per heavy atom. The minimum Gasteiger partial charge on any atom is -0.304 e. The van der Waals surface area contributed by atoms with Crippen LogP contribution in [0.2, 0.25) is 0 Å². The minimum atomic E-state index is -0.505. The van der Waals surface area contributed by atoms with Gasteiger partial charge in [-0.15, -0.1) is 0 Å². The van der Waals surface area contributed by atoms with Crippen LogP contribution in [0.3, 0.4) is 0 Å². The van der Waals surface area contributed by atoms with Crippen molar-refractivity contribution in [3.63, 3.8) is 0 Å². The molecular formula is C16H16F2N2. The number of aromatic nitrogens is 1. The van der Waals surface area contributed by atoms with Crippen LogP contribution in [0.5, 0.6) is 0 Å². The fourth-order valence-electron chi connectivity index (χ4n) is 2.73. The van der Waals surface area contributed by atoms with Gasteiger partial charge in [0.05, 0.1) is 11.7 Å². The first-order chi connectivity index (χ1) is 9.75. The number of fused-ring (bicyclic) bond motifs is 1. The SMILES string of the molecule is Fc1cccc(F)c1CNC1CCCc2cccnc21. The lowest BCUT2D eigenvalue weighted by Gasteiger charge is -2.25. The second kappa shape index (κ2) is 5.67. The summed E-state index contributed by atoms with van der Waals surface area (Å²) >= 11 is 0. The van der Waals surface area contributed by atoms with E-state index in [-0.39, 0.29) is 18.2 Å². The Labute approximate surface area is 116 Å². The normalized spacial score (nSPS) is 17.8. The van der Waals surface area contributed by atoms with Gasteiger partial charge in [-0.25, -0.2) is 8.78 Å². The first-order valence-corrected chi connectivity index (χ1v) is 6.86. The van der Waals surface area contributed by atoms with Gasteiger partial charge >= 0.3 is 0 Å². The molecule has 1 atom stereocenters. The highest BCUT2D eigenvalue weighted by atomic mass is 19.1. The number of aryl methyl sites for hydroxylation is 1. The van der Waals surface area contributed by atoms with Crippen molar-refractivity contribution in [3.05, 3.63) is 65.0 Å². The van der Waals surface area contributed by atoms with E-state index in [0.717, 1.165) is 25.0 Å². The third kappa shape index (κ3) is 2.56. The highest BCUT2D eigenvalue weighted by molar-refractivity contribution is 5.26. The van der Waals surface area contributed by atoms with Crippen molar-refractivity contribution in [3.8, 4) is 0 Å². The van der Waals surface area contributed by atoms with Gasteiger partial charge in [-0.1, -0.05) is 12.1 Å². The Bertz CT molecular complexity index is 593. The van der Waals surface area contributed by atoms with Gasteiger partial charge in [0.25, 0.3) is 0 Å². The lowest BCUT2D eigenvalue weighted by molar-refractivity contribution is 0.434. The Hall–Kier alpha value is -1.81. The van der Waals surface area contributed by atoms with E-state index in [2.05, 4.69) is 16.4 Å². The smallest absolute Gasteiger partial charge is 0.130 e. The molecule has 0 radical (unpaired) electrons. The molecule has 0 spiro atoms. The summed E-state index contributed by atoms with van der Waals surface area (Å²) in [6.07, 6.45) is 4.80. The standard InChI is InChI=1S/C16H16F2N2/c17-13-6-2-7-14(18)12(13)10-20-15-8-1-4-11-5-3-9-19-16(11)15/h2-3,5-7,9,15,20H,1,4,8,10H2. The molecule has 1 unspecified atom stereocenters. The number of nitrogens with zero attached hydrogens (tertiary/aromatic N) is 1. The average Bonchev–Trinajstić information content (AvgIpc) is 2.47. The molecular weight excluding hydrogens is 258 g/mol. The van der Waals surface area contributed by atoms with Gasteiger partial charge in [-0.2, -0.15) is 0 Å². The van der Waals surface area contributed by atoms with Gasteiger partial charge in [-0.05, 0) is 43.0 Å². The van der Waals surface area contributed by atoms with E-state index in [4.69, 9.17) is 0 Å². The van der Waals surface area contributed by atoms with Crippen LogP contribution in [0.15, 0.2) is 36.5 Å². The lowest BCUT2D eigenvalue weighted by Crippen LogP contribution is -2.26. The number of halogens is 2. The van der Waals surface area contributed by atoms with E-state index in [1.165, 1.54) is 23.8 Å². The van der Waals surface area contributed by atoms with Gasteiger partial charge < -0.3 is 5.32 Å². The van der Waals surface area contributed by atoms with Crippen molar-refractivity contribution in [2.24, 2.45) is 0 Å². The summed E-state index contributed by atoms with van der Waals surface area (Å²) in [6.45, 7) is 0.180. The predicted molar refractivity (Wildman–Crippen MR) is 73.1 cm³/mol. The van der Waals surface area contributed by atoms with Crippen molar-refractivity contribution < 1.29 is 8.78 Å². The van der Waals surface area contributed by atoms with Crippen LogP contribution in [0.1, 0.15) is 35.7 Å². The molecule has 2 nitrogen and oxygen atoms in total. The van der Waals surface area contributed by atoms with E-state index < -0.39 is 11.6 Å². The quantitative estimate of drug-likeness (QED) is 0.926. The molecule has 1 aliphatic carbocycles. The van der Waals surface area contributed by atoms with Gasteiger partial charge in [0.15, 0.2) is 0 Å². The van der Waals surface area contributed by atoms with Crippen molar-refractivity contribution in [2.45, 2.75) is 31.8 Å². The highest BCUT2D eigenvalue weighted by Crippen LogP contribution is 2.28. The molecule has 4 heteroatoms. The van der Waals surface area contributed by atoms with E-state index in [0.29, 0.717) is 0 Å². The molecule has 1 aliphatic rings.